The third-order valence-corrected chi connectivity index (χ3v) is 3.42. The quantitative estimate of drug-likeness (QED) is 0.255. The van der Waals surface area contributed by atoms with E-state index in [0.717, 1.165) is 48.1 Å². The van der Waals surface area contributed by atoms with Crippen molar-refractivity contribution in [1.82, 2.24) is 10.6 Å². The first kappa shape index (κ1) is 23.6. The highest BCUT2D eigenvalue weighted by Gasteiger charge is 2.11. The number of guanidine groups is 1. The lowest BCUT2D eigenvalue weighted by Crippen LogP contribution is -2.39. The molecule has 0 atom stereocenters. The van der Waals surface area contributed by atoms with Gasteiger partial charge in [-0.25, -0.2) is 4.99 Å². The summed E-state index contributed by atoms with van der Waals surface area (Å²) in [5.41, 5.74) is 2.13. The predicted molar refractivity (Wildman–Crippen MR) is 117 cm³/mol. The Balaban J connectivity index is 0.00000576. The molecule has 0 fully saturated rings. The normalized spacial score (nSPS) is 10.9. The van der Waals surface area contributed by atoms with Crippen LogP contribution in [0.2, 0.25) is 0 Å². The second kappa shape index (κ2) is 12.9. The molecular weight excluding hydrogens is 429 g/mol. The van der Waals surface area contributed by atoms with Crippen molar-refractivity contribution in [3.05, 3.63) is 35.9 Å². The average molecular weight is 461 g/mol. The fourth-order valence-corrected chi connectivity index (χ4v) is 2.32. The van der Waals surface area contributed by atoms with Crippen LogP contribution in [0.25, 0.3) is 0 Å². The van der Waals surface area contributed by atoms with E-state index < -0.39 is 0 Å². The Labute approximate surface area is 169 Å². The molecule has 1 aromatic carbocycles. The number of ether oxygens (including phenoxy) is 2. The zero-order valence-corrected chi connectivity index (χ0v) is 18.3. The fourth-order valence-electron chi connectivity index (χ4n) is 2.32. The molecule has 0 aliphatic carbocycles. The van der Waals surface area contributed by atoms with E-state index in [9.17, 15) is 0 Å². The summed E-state index contributed by atoms with van der Waals surface area (Å²) in [4.78, 5) is 4.66. The minimum Gasteiger partial charge on any atom is -0.493 e. The van der Waals surface area contributed by atoms with Gasteiger partial charge in [0.1, 0.15) is 0 Å². The molecule has 0 bridgehead atoms. The number of benzene rings is 1. The molecule has 0 spiro atoms. The van der Waals surface area contributed by atoms with Crippen LogP contribution in [0.4, 0.5) is 0 Å². The van der Waals surface area contributed by atoms with Gasteiger partial charge in [-0.1, -0.05) is 19.9 Å². The van der Waals surface area contributed by atoms with Crippen molar-refractivity contribution in [1.29, 1.82) is 0 Å². The van der Waals surface area contributed by atoms with Gasteiger partial charge < -0.3 is 20.1 Å². The number of aliphatic imine (C=N–C) groups is 1. The third-order valence-electron chi connectivity index (χ3n) is 3.42. The summed E-state index contributed by atoms with van der Waals surface area (Å²) in [5, 5.41) is 6.61. The number of hydrogen-bond donors (Lipinski definition) is 2. The van der Waals surface area contributed by atoms with Crippen LogP contribution < -0.4 is 20.1 Å². The Morgan fingerprint density at radius 2 is 1.96 bits per heavy atom. The van der Waals surface area contributed by atoms with Gasteiger partial charge in [0.25, 0.3) is 0 Å². The van der Waals surface area contributed by atoms with Crippen LogP contribution in [0.5, 0.6) is 11.5 Å². The van der Waals surface area contributed by atoms with E-state index in [-0.39, 0.29) is 24.0 Å². The van der Waals surface area contributed by atoms with Crippen LogP contribution in [0.1, 0.15) is 31.9 Å². The van der Waals surface area contributed by atoms with Gasteiger partial charge in [0.2, 0.25) is 0 Å². The number of rotatable bonds is 9. The Hall–Kier alpha value is -1.44. The highest BCUT2D eigenvalue weighted by atomic mass is 127. The Bertz CT molecular complexity index is 560. The number of nitrogens with one attached hydrogen (secondary N) is 2. The summed E-state index contributed by atoms with van der Waals surface area (Å²) in [5.74, 6) is 2.87. The number of allylic oxidation sites excluding steroid dienone is 1. The average Bonchev–Trinajstić information content (AvgIpc) is 2.57. The molecule has 0 aliphatic rings. The van der Waals surface area contributed by atoms with E-state index in [1.165, 1.54) is 0 Å². The topological polar surface area (TPSA) is 54.9 Å². The van der Waals surface area contributed by atoms with Crippen LogP contribution in [0, 0.1) is 5.92 Å². The minimum absolute atomic E-state index is 0. The third kappa shape index (κ3) is 7.98. The number of halogens is 1. The van der Waals surface area contributed by atoms with E-state index in [0.29, 0.717) is 12.5 Å². The summed E-state index contributed by atoms with van der Waals surface area (Å²) in [6.45, 7) is 12.5. The molecular formula is C19H32IN3O2. The molecule has 0 heterocycles. The summed E-state index contributed by atoms with van der Waals surface area (Å²) >= 11 is 0. The van der Waals surface area contributed by atoms with Crippen molar-refractivity contribution in [3.63, 3.8) is 0 Å². The standard InChI is InChI=1S/C19H31N3O2.HI/c1-7-9-16-10-15(11-17(23-5)18(16)24-6)13-22-19(20-8-2)21-12-14(3)4;/h7,10-11,14H,1,8-9,12-13H2,2-6H3,(H2,20,21,22);1H. The monoisotopic (exact) mass is 461 g/mol. The lowest BCUT2D eigenvalue weighted by Gasteiger charge is -2.15. The molecule has 0 aromatic heterocycles. The molecule has 1 rings (SSSR count). The van der Waals surface area contributed by atoms with Crippen molar-refractivity contribution in [2.24, 2.45) is 10.9 Å². The SMILES string of the molecule is C=CCc1cc(CN=C(NCC)NCC(C)C)cc(OC)c1OC.I. The summed E-state index contributed by atoms with van der Waals surface area (Å²) < 4.78 is 10.9. The molecule has 0 radical (unpaired) electrons. The van der Waals surface area contributed by atoms with Gasteiger partial charge in [-0.2, -0.15) is 0 Å². The maximum absolute atomic E-state index is 5.47. The lowest BCUT2D eigenvalue weighted by atomic mass is 10.1. The number of hydrogen-bond acceptors (Lipinski definition) is 3. The van der Waals surface area contributed by atoms with E-state index >= 15 is 0 Å². The maximum atomic E-state index is 5.47. The first-order chi connectivity index (χ1) is 11.5. The van der Waals surface area contributed by atoms with Gasteiger partial charge in [-0.3, -0.25) is 0 Å². The molecule has 0 saturated heterocycles. The van der Waals surface area contributed by atoms with Gasteiger partial charge in [-0.05, 0) is 37.0 Å². The van der Waals surface area contributed by atoms with E-state index in [2.05, 4.69) is 49.0 Å². The van der Waals surface area contributed by atoms with Gasteiger partial charge in [-0.15, -0.1) is 30.6 Å². The number of nitrogens with zero attached hydrogens (tertiary/aromatic N) is 1. The van der Waals surface area contributed by atoms with Gasteiger partial charge >= 0.3 is 0 Å². The summed E-state index contributed by atoms with van der Waals surface area (Å²) in [6.07, 6.45) is 2.58. The van der Waals surface area contributed by atoms with Crippen LogP contribution >= 0.6 is 24.0 Å². The minimum atomic E-state index is 0. The first-order valence-electron chi connectivity index (χ1n) is 8.42. The zero-order valence-electron chi connectivity index (χ0n) is 16.0. The second-order valence-electron chi connectivity index (χ2n) is 5.95. The lowest BCUT2D eigenvalue weighted by molar-refractivity contribution is 0.352. The van der Waals surface area contributed by atoms with E-state index in [1.54, 1.807) is 14.2 Å². The highest BCUT2D eigenvalue weighted by Crippen LogP contribution is 2.33. The van der Waals surface area contributed by atoms with Gasteiger partial charge in [0, 0.05) is 18.7 Å². The highest BCUT2D eigenvalue weighted by molar-refractivity contribution is 14.0. The van der Waals surface area contributed by atoms with Gasteiger partial charge in [0.05, 0.1) is 20.8 Å². The predicted octanol–water partition coefficient (Wildman–Crippen LogP) is 3.76. The second-order valence-corrected chi connectivity index (χ2v) is 5.95. The van der Waals surface area contributed by atoms with Gasteiger partial charge in [0.15, 0.2) is 17.5 Å². The maximum Gasteiger partial charge on any atom is 0.191 e. The molecule has 0 amide bonds. The van der Waals surface area contributed by atoms with Crippen molar-refractivity contribution < 1.29 is 9.47 Å². The van der Waals surface area contributed by atoms with E-state index in [4.69, 9.17) is 9.47 Å². The smallest absolute Gasteiger partial charge is 0.191 e. The van der Waals surface area contributed by atoms with Crippen LogP contribution in [-0.4, -0.2) is 33.3 Å². The molecule has 2 N–H and O–H groups in total. The first-order valence-corrected chi connectivity index (χ1v) is 8.42. The van der Waals surface area contributed by atoms with Crippen molar-refractivity contribution in [3.8, 4) is 11.5 Å². The Kier molecular flexibility index (Phi) is 12.1. The van der Waals surface area contributed by atoms with Crippen molar-refractivity contribution in [2.75, 3.05) is 27.3 Å². The molecule has 1 aromatic rings. The largest absolute Gasteiger partial charge is 0.493 e. The molecule has 5 nitrogen and oxygen atoms in total. The van der Waals surface area contributed by atoms with Crippen LogP contribution in [0.3, 0.4) is 0 Å². The van der Waals surface area contributed by atoms with Crippen LogP contribution in [0.15, 0.2) is 29.8 Å². The Morgan fingerprint density at radius 1 is 1.24 bits per heavy atom. The zero-order chi connectivity index (χ0) is 17.9. The molecule has 0 unspecified atom stereocenters. The van der Waals surface area contributed by atoms with E-state index in [1.807, 2.05) is 12.1 Å². The van der Waals surface area contributed by atoms with Crippen molar-refractivity contribution >= 4 is 29.9 Å². The molecule has 6 heteroatoms. The molecule has 142 valence electrons. The Morgan fingerprint density at radius 3 is 2.48 bits per heavy atom. The fraction of sp³-hybridized carbons (Fsp3) is 0.526. The number of methoxy groups -OCH3 is 2. The summed E-state index contributed by atoms with van der Waals surface area (Å²) in [7, 11) is 3.30. The molecule has 25 heavy (non-hydrogen) atoms. The summed E-state index contributed by atoms with van der Waals surface area (Å²) in [6, 6.07) is 4.07. The van der Waals surface area contributed by atoms with Crippen molar-refractivity contribution in [2.45, 2.75) is 33.7 Å². The van der Waals surface area contributed by atoms with Crippen LogP contribution in [-0.2, 0) is 13.0 Å². The molecule has 0 saturated carbocycles. The molecule has 0 aliphatic heterocycles.